The molecule has 2 N–H and O–H groups in total. The first kappa shape index (κ1) is 30.7. The molecule has 4 aromatic rings. The molecule has 0 bridgehead atoms. The molecule has 2 amide bonds. The number of pyridine rings is 2. The number of amides is 2. The summed E-state index contributed by atoms with van der Waals surface area (Å²) >= 11 is 0. The molecular weight excluding hydrogens is 569 g/mol. The van der Waals surface area contributed by atoms with Gasteiger partial charge in [-0.1, -0.05) is 12.1 Å². The summed E-state index contributed by atoms with van der Waals surface area (Å²) in [4.78, 5) is 40.7. The van der Waals surface area contributed by atoms with Crippen LogP contribution in [0.15, 0.2) is 55.0 Å². The molecule has 3 aromatic heterocycles. The summed E-state index contributed by atoms with van der Waals surface area (Å²) in [6.45, 7) is 5.04. The SMILES string of the molecule is CCOc1cc(OCc2ccc(OC)cc2)ncc1-c1ncc(NC(=O)Nc2cnc(C(C)=O)c(C(F)(F)F)c2)c(C)n1. The Balaban J connectivity index is 1.47. The van der Waals surface area contributed by atoms with Gasteiger partial charge in [0.05, 0.1) is 54.3 Å². The predicted octanol–water partition coefficient (Wildman–Crippen LogP) is 6.09. The number of rotatable bonds is 10. The molecule has 43 heavy (non-hydrogen) atoms. The molecule has 0 fully saturated rings. The zero-order valence-corrected chi connectivity index (χ0v) is 23.6. The highest BCUT2D eigenvalue weighted by atomic mass is 19.4. The van der Waals surface area contributed by atoms with E-state index in [0.717, 1.165) is 24.4 Å². The molecule has 224 valence electrons. The Kier molecular flexibility index (Phi) is 9.38. The van der Waals surface area contributed by atoms with E-state index in [1.165, 1.54) is 12.4 Å². The highest BCUT2D eigenvalue weighted by Gasteiger charge is 2.36. The van der Waals surface area contributed by atoms with Crippen molar-refractivity contribution < 1.29 is 37.0 Å². The van der Waals surface area contributed by atoms with Crippen LogP contribution in [0.5, 0.6) is 17.4 Å². The molecule has 1 aromatic carbocycles. The number of carbonyl (C=O) groups excluding carboxylic acids is 2. The van der Waals surface area contributed by atoms with Crippen molar-refractivity contribution >= 4 is 23.2 Å². The summed E-state index contributed by atoms with van der Waals surface area (Å²) in [6.07, 6.45) is -1.01. The number of urea groups is 1. The monoisotopic (exact) mass is 596 g/mol. The fraction of sp³-hybridized carbons (Fsp3) is 0.241. The summed E-state index contributed by atoms with van der Waals surface area (Å²) in [5.74, 6) is 0.907. The average Bonchev–Trinajstić information content (AvgIpc) is 2.97. The van der Waals surface area contributed by atoms with Crippen molar-refractivity contribution in [2.75, 3.05) is 24.4 Å². The van der Waals surface area contributed by atoms with Gasteiger partial charge < -0.3 is 24.8 Å². The number of nitrogens with zero attached hydrogens (tertiary/aromatic N) is 4. The summed E-state index contributed by atoms with van der Waals surface area (Å²) in [5, 5.41) is 4.77. The van der Waals surface area contributed by atoms with Crippen LogP contribution in [-0.4, -0.2) is 45.5 Å². The molecule has 0 aliphatic heterocycles. The molecule has 0 saturated carbocycles. The van der Waals surface area contributed by atoms with Crippen molar-refractivity contribution in [2.45, 2.75) is 33.6 Å². The lowest BCUT2D eigenvalue weighted by molar-refractivity contribution is -0.138. The first-order valence-electron chi connectivity index (χ1n) is 12.9. The molecule has 0 spiro atoms. The number of aromatic nitrogens is 4. The minimum atomic E-state index is -4.83. The number of methoxy groups -OCH3 is 1. The third kappa shape index (κ3) is 7.72. The normalized spacial score (nSPS) is 11.0. The lowest BCUT2D eigenvalue weighted by Gasteiger charge is -2.14. The van der Waals surface area contributed by atoms with Gasteiger partial charge in [0.1, 0.15) is 23.8 Å². The zero-order valence-electron chi connectivity index (χ0n) is 23.6. The predicted molar refractivity (Wildman–Crippen MR) is 150 cm³/mol. The highest BCUT2D eigenvalue weighted by Crippen LogP contribution is 2.34. The van der Waals surface area contributed by atoms with E-state index in [1.807, 2.05) is 31.2 Å². The van der Waals surface area contributed by atoms with Crippen LogP contribution in [0.3, 0.4) is 0 Å². The van der Waals surface area contributed by atoms with Crippen LogP contribution >= 0.6 is 0 Å². The number of nitrogens with one attached hydrogen (secondary N) is 2. The Labute approximate surface area is 244 Å². The van der Waals surface area contributed by atoms with Crippen molar-refractivity contribution in [1.29, 1.82) is 0 Å². The average molecular weight is 597 g/mol. The van der Waals surface area contributed by atoms with E-state index in [2.05, 4.69) is 30.6 Å². The minimum Gasteiger partial charge on any atom is -0.497 e. The number of hydrogen-bond acceptors (Lipinski definition) is 9. The third-order valence-electron chi connectivity index (χ3n) is 5.94. The summed E-state index contributed by atoms with van der Waals surface area (Å²) < 4.78 is 56.9. The molecule has 0 aliphatic rings. The highest BCUT2D eigenvalue weighted by molar-refractivity contribution is 6.00. The number of hydrogen-bond donors (Lipinski definition) is 2. The second-order valence-electron chi connectivity index (χ2n) is 9.03. The smallest absolute Gasteiger partial charge is 0.418 e. The zero-order chi connectivity index (χ0) is 31.1. The van der Waals surface area contributed by atoms with Crippen molar-refractivity contribution in [3.8, 4) is 28.8 Å². The van der Waals surface area contributed by atoms with Crippen LogP contribution in [-0.2, 0) is 12.8 Å². The van der Waals surface area contributed by atoms with Gasteiger partial charge in [-0.05, 0) is 37.6 Å². The number of anilines is 2. The van der Waals surface area contributed by atoms with Gasteiger partial charge in [0.25, 0.3) is 0 Å². The number of halogens is 3. The van der Waals surface area contributed by atoms with Crippen molar-refractivity contribution in [3.63, 3.8) is 0 Å². The first-order valence-corrected chi connectivity index (χ1v) is 12.9. The van der Waals surface area contributed by atoms with E-state index in [-0.39, 0.29) is 23.8 Å². The van der Waals surface area contributed by atoms with E-state index in [0.29, 0.717) is 35.6 Å². The van der Waals surface area contributed by atoms with E-state index in [4.69, 9.17) is 14.2 Å². The van der Waals surface area contributed by atoms with Gasteiger partial charge in [0, 0.05) is 19.2 Å². The van der Waals surface area contributed by atoms with Crippen LogP contribution in [0.4, 0.5) is 29.3 Å². The third-order valence-corrected chi connectivity index (χ3v) is 5.94. The van der Waals surface area contributed by atoms with Crippen LogP contribution in [0.1, 0.15) is 41.2 Å². The molecule has 3 heterocycles. The molecule has 0 unspecified atom stereocenters. The molecule has 14 heteroatoms. The minimum absolute atomic E-state index is 0.205. The Bertz CT molecular complexity index is 1630. The van der Waals surface area contributed by atoms with Crippen molar-refractivity contribution in [1.82, 2.24) is 19.9 Å². The summed E-state index contributed by atoms with van der Waals surface area (Å²) in [6, 6.07) is 8.82. The summed E-state index contributed by atoms with van der Waals surface area (Å²) in [5.41, 5.74) is -0.283. The van der Waals surface area contributed by atoms with Crippen molar-refractivity contribution in [3.05, 3.63) is 77.5 Å². The Hall–Kier alpha value is -5.27. The number of ether oxygens (including phenoxy) is 3. The lowest BCUT2D eigenvalue weighted by atomic mass is 10.1. The van der Waals surface area contributed by atoms with E-state index in [9.17, 15) is 22.8 Å². The van der Waals surface area contributed by atoms with Crippen LogP contribution in [0.25, 0.3) is 11.4 Å². The second kappa shape index (κ2) is 13.1. The Morgan fingerprint density at radius 1 is 0.953 bits per heavy atom. The van der Waals surface area contributed by atoms with Crippen LogP contribution < -0.4 is 24.8 Å². The van der Waals surface area contributed by atoms with Gasteiger partial charge >= 0.3 is 12.2 Å². The number of ketones is 1. The van der Waals surface area contributed by atoms with Crippen LogP contribution in [0, 0.1) is 6.92 Å². The molecule has 0 atom stereocenters. The molecule has 0 radical (unpaired) electrons. The quantitative estimate of drug-likeness (QED) is 0.208. The topological polar surface area (TPSA) is 137 Å². The standard InChI is InChI=1S/C29H27F3N6O5/c1-5-42-24-11-25(43-15-18-6-8-20(41-4)9-7-18)33-13-21(24)27-35-14-23(16(2)36-27)38-28(40)37-19-10-22(29(30,31)32)26(17(3)39)34-12-19/h6-14H,5,15H2,1-4H3,(H2,37,38,40). The van der Waals surface area contributed by atoms with E-state index >= 15 is 0 Å². The number of Topliss-reactive ketones (excluding diaryl/α,β-unsaturated/α-hetero) is 1. The van der Waals surface area contributed by atoms with Crippen molar-refractivity contribution in [2.24, 2.45) is 0 Å². The number of benzene rings is 1. The summed E-state index contributed by atoms with van der Waals surface area (Å²) in [7, 11) is 1.59. The maximum absolute atomic E-state index is 13.4. The van der Waals surface area contributed by atoms with Gasteiger partial charge in [-0.15, -0.1) is 0 Å². The van der Waals surface area contributed by atoms with E-state index in [1.54, 1.807) is 20.1 Å². The van der Waals surface area contributed by atoms with Gasteiger partial charge in [0.2, 0.25) is 5.88 Å². The number of alkyl halides is 3. The molecule has 11 nitrogen and oxygen atoms in total. The molecular formula is C29H27F3N6O5. The Morgan fingerprint density at radius 3 is 2.33 bits per heavy atom. The van der Waals surface area contributed by atoms with Gasteiger partial charge in [0.15, 0.2) is 11.6 Å². The van der Waals surface area contributed by atoms with E-state index < -0.39 is 29.2 Å². The fourth-order valence-electron chi connectivity index (χ4n) is 3.85. The van der Waals surface area contributed by atoms with Gasteiger partial charge in [-0.2, -0.15) is 13.2 Å². The van der Waals surface area contributed by atoms with Crippen LogP contribution in [0.2, 0.25) is 0 Å². The molecule has 0 saturated heterocycles. The Morgan fingerprint density at radius 2 is 1.70 bits per heavy atom. The maximum Gasteiger partial charge on any atom is 0.418 e. The number of carbonyl (C=O) groups is 2. The second-order valence-corrected chi connectivity index (χ2v) is 9.03. The molecule has 4 rings (SSSR count). The lowest BCUT2D eigenvalue weighted by Crippen LogP contribution is -2.22. The maximum atomic E-state index is 13.4. The number of aryl methyl sites for hydroxylation is 1. The largest absolute Gasteiger partial charge is 0.497 e. The van der Waals surface area contributed by atoms with Gasteiger partial charge in [-0.3, -0.25) is 9.78 Å². The molecule has 0 aliphatic carbocycles. The first-order chi connectivity index (χ1) is 20.5. The van der Waals surface area contributed by atoms with Gasteiger partial charge in [-0.25, -0.2) is 19.7 Å². The fourth-order valence-corrected chi connectivity index (χ4v) is 3.85.